The summed E-state index contributed by atoms with van der Waals surface area (Å²) in [5.41, 5.74) is 1.19. The molecule has 1 aromatic rings. The molecule has 1 aliphatic carbocycles. The molecule has 1 saturated carbocycles. The smallest absolute Gasteiger partial charge is 0.227 e. The monoisotopic (exact) mass is 390 g/mol. The molecule has 1 saturated heterocycles. The first-order chi connectivity index (χ1) is 12.8. The molecule has 0 spiro atoms. The summed E-state index contributed by atoms with van der Waals surface area (Å²) in [5.74, 6) is 0.506. The minimum absolute atomic E-state index is 0.00544. The van der Waals surface area contributed by atoms with E-state index in [0.29, 0.717) is 17.0 Å². The van der Waals surface area contributed by atoms with Gasteiger partial charge in [0, 0.05) is 29.7 Å². The van der Waals surface area contributed by atoms with Gasteiger partial charge >= 0.3 is 0 Å². The molecular weight excluding hydrogens is 360 g/mol. The van der Waals surface area contributed by atoms with Crippen LogP contribution in [0.2, 0.25) is 5.02 Å². The van der Waals surface area contributed by atoms with E-state index >= 15 is 0 Å². The Balaban J connectivity index is 1.52. The second-order valence-electron chi connectivity index (χ2n) is 8.78. The van der Waals surface area contributed by atoms with Crippen LogP contribution >= 0.6 is 11.6 Å². The Bertz CT molecular complexity index is 678. The first-order valence-electron chi connectivity index (χ1n) is 10.2. The first-order valence-corrected chi connectivity index (χ1v) is 10.5. The zero-order valence-corrected chi connectivity index (χ0v) is 17.4. The Morgan fingerprint density at radius 1 is 1.19 bits per heavy atom. The quantitative estimate of drug-likeness (QED) is 0.784. The Morgan fingerprint density at radius 2 is 1.81 bits per heavy atom. The molecule has 2 aliphatic rings. The second-order valence-corrected chi connectivity index (χ2v) is 9.22. The van der Waals surface area contributed by atoms with Crippen LogP contribution in [0.1, 0.15) is 59.3 Å². The van der Waals surface area contributed by atoms with Crippen LogP contribution in [0, 0.1) is 17.3 Å². The van der Waals surface area contributed by atoms with Gasteiger partial charge in [-0.3, -0.25) is 9.59 Å². The Kier molecular flexibility index (Phi) is 6.15. The normalized spacial score (nSPS) is 26.3. The minimum atomic E-state index is -0.266. The van der Waals surface area contributed by atoms with Crippen LogP contribution in [-0.2, 0) is 9.59 Å². The van der Waals surface area contributed by atoms with Gasteiger partial charge in [-0.25, -0.2) is 0 Å². The molecule has 1 N–H and O–H groups in total. The molecule has 1 heterocycles. The molecule has 0 unspecified atom stereocenters. The third kappa shape index (κ3) is 4.66. The van der Waals surface area contributed by atoms with Crippen molar-refractivity contribution in [3.8, 4) is 0 Å². The van der Waals surface area contributed by atoms with Crippen LogP contribution in [-0.4, -0.2) is 24.4 Å². The molecule has 148 valence electrons. The summed E-state index contributed by atoms with van der Waals surface area (Å²) in [6.45, 7) is 7.42. The highest BCUT2D eigenvalue weighted by Crippen LogP contribution is 2.40. The van der Waals surface area contributed by atoms with E-state index in [1.165, 1.54) is 19.3 Å². The van der Waals surface area contributed by atoms with Crippen LogP contribution in [0.4, 0.5) is 5.69 Å². The summed E-state index contributed by atoms with van der Waals surface area (Å²) < 4.78 is 0. The van der Waals surface area contributed by atoms with Gasteiger partial charge in [-0.1, -0.05) is 38.8 Å². The lowest BCUT2D eigenvalue weighted by Gasteiger charge is -2.39. The van der Waals surface area contributed by atoms with E-state index in [1.807, 2.05) is 12.1 Å². The van der Waals surface area contributed by atoms with Gasteiger partial charge in [0.05, 0.1) is 5.92 Å². The largest absolute Gasteiger partial charge is 0.353 e. The molecule has 1 aromatic carbocycles. The van der Waals surface area contributed by atoms with E-state index in [0.717, 1.165) is 24.4 Å². The van der Waals surface area contributed by atoms with E-state index in [4.69, 9.17) is 11.6 Å². The number of nitrogens with one attached hydrogen (secondary N) is 1. The van der Waals surface area contributed by atoms with Crippen molar-refractivity contribution in [3.63, 3.8) is 0 Å². The SMILES string of the molecule is CCC(C)(C)C1CCC(NC(=O)[C@H]2CC(=O)N(c3ccc(Cl)cc3)C2)CC1. The fraction of sp³-hybridized carbons (Fsp3) is 0.636. The lowest BCUT2D eigenvalue weighted by molar-refractivity contribution is -0.127. The summed E-state index contributed by atoms with van der Waals surface area (Å²) in [7, 11) is 0. The van der Waals surface area contributed by atoms with Crippen molar-refractivity contribution in [3.05, 3.63) is 29.3 Å². The summed E-state index contributed by atoms with van der Waals surface area (Å²) in [6, 6.07) is 7.46. The molecule has 1 aliphatic heterocycles. The van der Waals surface area contributed by atoms with Crippen molar-refractivity contribution in [2.45, 2.75) is 65.3 Å². The lowest BCUT2D eigenvalue weighted by atomic mass is 9.69. The van der Waals surface area contributed by atoms with Gasteiger partial charge in [0.2, 0.25) is 11.8 Å². The van der Waals surface area contributed by atoms with Gasteiger partial charge < -0.3 is 10.2 Å². The summed E-state index contributed by atoms with van der Waals surface area (Å²) in [4.78, 5) is 26.8. The fourth-order valence-corrected chi connectivity index (χ4v) is 4.51. The van der Waals surface area contributed by atoms with Crippen molar-refractivity contribution < 1.29 is 9.59 Å². The number of rotatable bonds is 5. The third-order valence-electron chi connectivity index (χ3n) is 6.72. The molecule has 3 rings (SSSR count). The average molecular weight is 391 g/mol. The zero-order valence-electron chi connectivity index (χ0n) is 16.6. The maximum absolute atomic E-state index is 12.7. The minimum Gasteiger partial charge on any atom is -0.353 e. The van der Waals surface area contributed by atoms with Crippen molar-refractivity contribution in [2.75, 3.05) is 11.4 Å². The maximum Gasteiger partial charge on any atom is 0.227 e. The summed E-state index contributed by atoms with van der Waals surface area (Å²) in [6.07, 6.45) is 5.91. The number of anilines is 1. The number of carbonyl (C=O) groups excluding carboxylic acids is 2. The number of hydrogen-bond acceptors (Lipinski definition) is 2. The fourth-order valence-electron chi connectivity index (χ4n) is 4.38. The summed E-state index contributed by atoms with van der Waals surface area (Å²) in [5, 5.41) is 3.85. The average Bonchev–Trinajstić information content (AvgIpc) is 3.05. The Morgan fingerprint density at radius 3 is 2.41 bits per heavy atom. The molecule has 5 heteroatoms. The van der Waals surface area contributed by atoms with Gasteiger partial charge in [0.1, 0.15) is 0 Å². The molecule has 1 atom stereocenters. The molecule has 4 nitrogen and oxygen atoms in total. The number of carbonyl (C=O) groups is 2. The second kappa shape index (κ2) is 8.22. The van der Waals surface area contributed by atoms with Gasteiger partial charge in [-0.05, 0) is 61.3 Å². The molecule has 2 fully saturated rings. The van der Waals surface area contributed by atoms with Gasteiger partial charge in [0.15, 0.2) is 0 Å². The first kappa shape index (κ1) is 20.2. The van der Waals surface area contributed by atoms with Gasteiger partial charge in [-0.2, -0.15) is 0 Å². The third-order valence-corrected chi connectivity index (χ3v) is 6.98. The Labute approximate surface area is 167 Å². The lowest BCUT2D eigenvalue weighted by Crippen LogP contribution is -2.43. The Hall–Kier alpha value is -1.55. The van der Waals surface area contributed by atoms with E-state index in [9.17, 15) is 9.59 Å². The molecule has 2 amide bonds. The maximum atomic E-state index is 12.7. The molecule has 27 heavy (non-hydrogen) atoms. The van der Waals surface area contributed by atoms with Crippen LogP contribution in [0.15, 0.2) is 24.3 Å². The molecule has 0 bridgehead atoms. The van der Waals surface area contributed by atoms with Crippen molar-refractivity contribution in [1.29, 1.82) is 0 Å². The van der Waals surface area contributed by atoms with Crippen LogP contribution in [0.25, 0.3) is 0 Å². The van der Waals surface area contributed by atoms with E-state index < -0.39 is 0 Å². The molecule has 0 aromatic heterocycles. The van der Waals surface area contributed by atoms with Gasteiger partial charge in [-0.15, -0.1) is 0 Å². The number of benzene rings is 1. The highest BCUT2D eigenvalue weighted by molar-refractivity contribution is 6.30. The molecular formula is C22H31ClN2O2. The van der Waals surface area contributed by atoms with Crippen molar-refractivity contribution >= 4 is 29.1 Å². The van der Waals surface area contributed by atoms with E-state index in [2.05, 4.69) is 26.1 Å². The van der Waals surface area contributed by atoms with Crippen LogP contribution < -0.4 is 10.2 Å². The number of halogens is 1. The van der Waals surface area contributed by atoms with E-state index in [-0.39, 0.29) is 30.2 Å². The highest BCUT2D eigenvalue weighted by Gasteiger charge is 2.37. The van der Waals surface area contributed by atoms with Crippen molar-refractivity contribution in [1.82, 2.24) is 5.32 Å². The number of nitrogens with zero attached hydrogens (tertiary/aromatic N) is 1. The zero-order chi connectivity index (χ0) is 19.6. The molecule has 0 radical (unpaired) electrons. The topological polar surface area (TPSA) is 49.4 Å². The van der Waals surface area contributed by atoms with Crippen LogP contribution in [0.5, 0.6) is 0 Å². The van der Waals surface area contributed by atoms with E-state index in [1.54, 1.807) is 17.0 Å². The number of amides is 2. The predicted molar refractivity (Wildman–Crippen MR) is 110 cm³/mol. The predicted octanol–water partition coefficient (Wildman–Crippen LogP) is 4.80. The van der Waals surface area contributed by atoms with Crippen LogP contribution in [0.3, 0.4) is 0 Å². The summed E-state index contributed by atoms with van der Waals surface area (Å²) >= 11 is 5.92. The highest BCUT2D eigenvalue weighted by atomic mass is 35.5. The standard InChI is InChI=1S/C22H31ClN2O2/c1-4-22(2,3)16-5-9-18(10-6-16)24-21(27)15-13-20(26)25(14-15)19-11-7-17(23)8-12-19/h7-8,11-12,15-16,18H,4-6,9-10,13-14H2,1-3H3,(H,24,27)/t15-,16?,18?/m0/s1. The number of hydrogen-bond donors (Lipinski definition) is 1. The van der Waals surface area contributed by atoms with Gasteiger partial charge in [0.25, 0.3) is 0 Å². The van der Waals surface area contributed by atoms with Crippen molar-refractivity contribution in [2.24, 2.45) is 17.3 Å².